The summed E-state index contributed by atoms with van der Waals surface area (Å²) in [5, 5.41) is 3.12. The van der Waals surface area contributed by atoms with Crippen molar-refractivity contribution in [3.63, 3.8) is 0 Å². The fourth-order valence-corrected chi connectivity index (χ4v) is 2.44. The van der Waals surface area contributed by atoms with Crippen molar-refractivity contribution >= 4 is 0 Å². The van der Waals surface area contributed by atoms with Gasteiger partial charge < -0.3 is 5.32 Å². The molecule has 2 aromatic carbocycles. The van der Waals surface area contributed by atoms with Crippen LogP contribution in [0, 0.1) is 18.6 Å². The smallest absolute Gasteiger partial charge is 0.126 e. The summed E-state index contributed by atoms with van der Waals surface area (Å²) in [6, 6.07) is 11.8. The average molecular weight is 275 g/mol. The van der Waals surface area contributed by atoms with E-state index in [1.54, 1.807) is 0 Å². The molecule has 1 N–H and O–H groups in total. The maximum Gasteiger partial charge on any atom is 0.126 e. The molecule has 0 amide bonds. The van der Waals surface area contributed by atoms with Gasteiger partial charge in [0.2, 0.25) is 0 Å². The molecule has 2 aromatic rings. The molecule has 0 spiro atoms. The number of hydrogen-bond donors (Lipinski definition) is 1. The van der Waals surface area contributed by atoms with Gasteiger partial charge in [0.1, 0.15) is 11.6 Å². The van der Waals surface area contributed by atoms with Gasteiger partial charge in [0.05, 0.1) is 0 Å². The van der Waals surface area contributed by atoms with Gasteiger partial charge in [0.15, 0.2) is 0 Å². The number of benzene rings is 2. The number of likely N-dealkylation sites (N-methyl/N-ethyl adjacent to an activating group) is 1. The van der Waals surface area contributed by atoms with E-state index in [0.29, 0.717) is 12.0 Å². The summed E-state index contributed by atoms with van der Waals surface area (Å²) >= 11 is 0. The summed E-state index contributed by atoms with van der Waals surface area (Å²) in [6.45, 7) is 2.75. The summed E-state index contributed by atoms with van der Waals surface area (Å²) in [6.07, 6.45) is 0.480. The van der Waals surface area contributed by atoms with Gasteiger partial charge in [-0.2, -0.15) is 0 Å². The van der Waals surface area contributed by atoms with Crippen molar-refractivity contribution in [3.05, 3.63) is 70.8 Å². The minimum absolute atomic E-state index is 0.121. The predicted molar refractivity (Wildman–Crippen MR) is 77.9 cm³/mol. The maximum atomic E-state index is 13.8. The lowest BCUT2D eigenvalue weighted by molar-refractivity contribution is 0.560. The van der Waals surface area contributed by atoms with Gasteiger partial charge in [-0.05, 0) is 49.7 Å². The van der Waals surface area contributed by atoms with Gasteiger partial charge in [-0.1, -0.05) is 29.8 Å². The normalized spacial score (nSPS) is 12.4. The highest BCUT2D eigenvalue weighted by atomic mass is 19.1. The van der Waals surface area contributed by atoms with Crippen LogP contribution in [0.15, 0.2) is 42.5 Å². The maximum absolute atomic E-state index is 13.8. The average Bonchev–Trinajstić information content (AvgIpc) is 2.42. The minimum atomic E-state index is -0.395. The predicted octanol–water partition coefficient (Wildman–Crippen LogP) is 3.82. The Morgan fingerprint density at radius 2 is 1.90 bits per heavy atom. The zero-order valence-corrected chi connectivity index (χ0v) is 11.8. The van der Waals surface area contributed by atoms with Crippen LogP contribution < -0.4 is 5.32 Å². The van der Waals surface area contributed by atoms with E-state index in [9.17, 15) is 8.78 Å². The Morgan fingerprint density at radius 3 is 2.60 bits per heavy atom. The van der Waals surface area contributed by atoms with Crippen LogP contribution in [0.1, 0.15) is 22.6 Å². The first-order chi connectivity index (χ1) is 9.60. The molecule has 20 heavy (non-hydrogen) atoms. The van der Waals surface area contributed by atoms with Gasteiger partial charge in [0.25, 0.3) is 0 Å². The molecule has 0 radical (unpaired) electrons. The fourth-order valence-electron chi connectivity index (χ4n) is 2.44. The Balaban J connectivity index is 2.27. The SMILES string of the molecule is CNCC(Cc1cc(F)ccc1F)c1cccc(C)c1. The van der Waals surface area contributed by atoms with Gasteiger partial charge >= 0.3 is 0 Å². The summed E-state index contributed by atoms with van der Waals surface area (Å²) in [4.78, 5) is 0. The Kier molecular flexibility index (Phi) is 4.85. The van der Waals surface area contributed by atoms with E-state index in [-0.39, 0.29) is 11.7 Å². The second kappa shape index (κ2) is 6.62. The molecular formula is C17H19F2N. The van der Waals surface area contributed by atoms with E-state index in [4.69, 9.17) is 0 Å². The second-order valence-electron chi connectivity index (χ2n) is 5.11. The lowest BCUT2D eigenvalue weighted by Crippen LogP contribution is -2.19. The van der Waals surface area contributed by atoms with Gasteiger partial charge in [0, 0.05) is 12.5 Å². The molecule has 106 valence electrons. The van der Waals surface area contributed by atoms with E-state index in [2.05, 4.69) is 11.4 Å². The number of rotatable bonds is 5. The van der Waals surface area contributed by atoms with Gasteiger partial charge in [-0.15, -0.1) is 0 Å². The van der Waals surface area contributed by atoms with E-state index < -0.39 is 5.82 Å². The first kappa shape index (κ1) is 14.7. The van der Waals surface area contributed by atoms with Crippen molar-refractivity contribution in [2.45, 2.75) is 19.3 Å². The Bertz CT molecular complexity index is 581. The Morgan fingerprint density at radius 1 is 1.10 bits per heavy atom. The molecule has 3 heteroatoms. The van der Waals surface area contributed by atoms with Crippen LogP contribution in [0.25, 0.3) is 0 Å². The van der Waals surface area contributed by atoms with Crippen LogP contribution in [-0.2, 0) is 6.42 Å². The molecule has 0 aliphatic heterocycles. The van der Waals surface area contributed by atoms with Crippen LogP contribution >= 0.6 is 0 Å². The standard InChI is InChI=1S/C17H19F2N/c1-12-4-3-5-13(8-12)15(11-20-2)9-14-10-16(18)6-7-17(14)19/h3-8,10,15,20H,9,11H2,1-2H3. The molecule has 0 heterocycles. The highest BCUT2D eigenvalue weighted by Gasteiger charge is 2.15. The molecule has 1 unspecified atom stereocenters. The summed E-state index contributed by atoms with van der Waals surface area (Å²) < 4.78 is 27.0. The monoisotopic (exact) mass is 275 g/mol. The third-order valence-corrected chi connectivity index (χ3v) is 3.44. The molecule has 0 saturated carbocycles. The van der Waals surface area contributed by atoms with E-state index in [1.165, 1.54) is 17.7 Å². The highest BCUT2D eigenvalue weighted by Crippen LogP contribution is 2.23. The first-order valence-corrected chi connectivity index (χ1v) is 6.75. The van der Waals surface area contributed by atoms with Crippen molar-refractivity contribution in [2.24, 2.45) is 0 Å². The molecular weight excluding hydrogens is 256 g/mol. The molecule has 0 saturated heterocycles. The summed E-state index contributed by atoms with van der Waals surface area (Å²) in [5.41, 5.74) is 2.73. The third kappa shape index (κ3) is 3.64. The molecule has 0 fully saturated rings. The van der Waals surface area contributed by atoms with Crippen molar-refractivity contribution < 1.29 is 8.78 Å². The molecule has 0 aliphatic carbocycles. The van der Waals surface area contributed by atoms with Crippen LogP contribution in [0.5, 0.6) is 0 Å². The molecule has 0 aliphatic rings. The Hall–Kier alpha value is -1.74. The third-order valence-electron chi connectivity index (χ3n) is 3.44. The summed E-state index contributed by atoms with van der Waals surface area (Å²) in [7, 11) is 1.87. The number of nitrogens with one attached hydrogen (secondary N) is 1. The van der Waals surface area contributed by atoms with Gasteiger partial charge in [-0.3, -0.25) is 0 Å². The molecule has 0 aromatic heterocycles. The van der Waals surface area contributed by atoms with Crippen LogP contribution in [0.4, 0.5) is 8.78 Å². The lowest BCUT2D eigenvalue weighted by Gasteiger charge is -2.18. The molecule has 2 rings (SSSR count). The van der Waals surface area contributed by atoms with Crippen molar-refractivity contribution in [2.75, 3.05) is 13.6 Å². The number of aryl methyl sites for hydroxylation is 1. The van der Waals surface area contributed by atoms with E-state index >= 15 is 0 Å². The second-order valence-corrected chi connectivity index (χ2v) is 5.11. The molecule has 0 bridgehead atoms. The fraction of sp³-hybridized carbons (Fsp3) is 0.294. The zero-order chi connectivity index (χ0) is 14.5. The minimum Gasteiger partial charge on any atom is -0.319 e. The quantitative estimate of drug-likeness (QED) is 0.874. The largest absolute Gasteiger partial charge is 0.319 e. The Labute approximate surface area is 118 Å². The van der Waals surface area contributed by atoms with E-state index in [0.717, 1.165) is 18.2 Å². The number of halogens is 2. The summed E-state index contributed by atoms with van der Waals surface area (Å²) in [5.74, 6) is -0.620. The van der Waals surface area contributed by atoms with Crippen molar-refractivity contribution in [3.8, 4) is 0 Å². The van der Waals surface area contributed by atoms with E-state index in [1.807, 2.05) is 32.2 Å². The first-order valence-electron chi connectivity index (χ1n) is 6.75. The topological polar surface area (TPSA) is 12.0 Å². The van der Waals surface area contributed by atoms with Gasteiger partial charge in [-0.25, -0.2) is 8.78 Å². The van der Waals surface area contributed by atoms with Crippen LogP contribution in [0.2, 0.25) is 0 Å². The lowest BCUT2D eigenvalue weighted by atomic mass is 9.91. The van der Waals surface area contributed by atoms with Crippen molar-refractivity contribution in [1.82, 2.24) is 5.32 Å². The number of hydrogen-bond acceptors (Lipinski definition) is 1. The van der Waals surface area contributed by atoms with Crippen LogP contribution in [-0.4, -0.2) is 13.6 Å². The highest BCUT2D eigenvalue weighted by molar-refractivity contribution is 5.29. The molecule has 1 atom stereocenters. The molecule has 1 nitrogen and oxygen atoms in total. The van der Waals surface area contributed by atoms with Crippen LogP contribution in [0.3, 0.4) is 0 Å². The van der Waals surface area contributed by atoms with Crippen molar-refractivity contribution in [1.29, 1.82) is 0 Å². The zero-order valence-electron chi connectivity index (χ0n) is 11.8.